The average molecular weight is 405 g/mol. The smallest absolute Gasteiger partial charge is 0.222 e. The number of anilines is 1. The van der Waals surface area contributed by atoms with Gasteiger partial charge in [-0.05, 0) is 42.7 Å². The van der Waals surface area contributed by atoms with Gasteiger partial charge in [0.15, 0.2) is 0 Å². The van der Waals surface area contributed by atoms with Gasteiger partial charge in [0.2, 0.25) is 5.91 Å². The van der Waals surface area contributed by atoms with Crippen LogP contribution in [-0.4, -0.2) is 52.1 Å². The lowest BCUT2D eigenvalue weighted by molar-refractivity contribution is -0.127. The first-order valence-corrected chi connectivity index (χ1v) is 10.4. The van der Waals surface area contributed by atoms with Crippen molar-refractivity contribution in [3.63, 3.8) is 0 Å². The third-order valence-electron chi connectivity index (χ3n) is 5.19. The van der Waals surface area contributed by atoms with Crippen LogP contribution in [0, 0.1) is 11.3 Å². The Morgan fingerprint density at radius 1 is 1.27 bits per heavy atom. The van der Waals surface area contributed by atoms with Crippen LogP contribution in [0.5, 0.6) is 0 Å². The fourth-order valence-corrected chi connectivity index (χ4v) is 3.50. The number of fused-ring (bicyclic) bond motifs is 1. The molecular formula is C23H28N6O. The van der Waals surface area contributed by atoms with Crippen molar-refractivity contribution in [3.8, 4) is 6.07 Å². The fraction of sp³-hybridized carbons (Fsp3) is 0.391. The third-order valence-corrected chi connectivity index (χ3v) is 5.19. The normalized spacial score (nSPS) is 13.1. The summed E-state index contributed by atoms with van der Waals surface area (Å²) in [6, 6.07) is 11.9. The van der Waals surface area contributed by atoms with E-state index < -0.39 is 0 Å². The minimum Gasteiger partial charge on any atom is -0.358 e. The predicted octanol–water partition coefficient (Wildman–Crippen LogP) is 3.30. The topological polar surface area (TPSA) is 77.5 Å². The van der Waals surface area contributed by atoms with Crippen LogP contribution in [0.15, 0.2) is 48.9 Å². The number of carbonyl (C=O) groups is 1. The Kier molecular flexibility index (Phi) is 7.39. The summed E-state index contributed by atoms with van der Waals surface area (Å²) in [5, 5.41) is 12.9. The summed E-state index contributed by atoms with van der Waals surface area (Å²) in [5.41, 5.74) is 3.18. The molecule has 156 valence electrons. The van der Waals surface area contributed by atoms with Crippen LogP contribution in [0.1, 0.15) is 37.3 Å². The first-order chi connectivity index (χ1) is 14.6. The lowest BCUT2D eigenvalue weighted by Crippen LogP contribution is -2.34. The highest BCUT2D eigenvalue weighted by Gasteiger charge is 2.19. The van der Waals surface area contributed by atoms with E-state index in [1.807, 2.05) is 52.0 Å². The quantitative estimate of drug-likeness (QED) is 0.630. The fourth-order valence-electron chi connectivity index (χ4n) is 3.50. The lowest BCUT2D eigenvalue weighted by Gasteiger charge is -2.22. The second kappa shape index (κ2) is 10.4. The van der Waals surface area contributed by atoms with Gasteiger partial charge in [-0.1, -0.05) is 19.4 Å². The van der Waals surface area contributed by atoms with Crippen LogP contribution in [0.4, 0.5) is 5.82 Å². The Hall–Kier alpha value is -3.40. The molecule has 3 aromatic heterocycles. The number of pyridine rings is 2. The maximum Gasteiger partial charge on any atom is 0.222 e. The average Bonchev–Trinajstić information content (AvgIpc) is 3.42. The molecule has 1 aliphatic rings. The largest absolute Gasteiger partial charge is 0.358 e. The predicted molar refractivity (Wildman–Crippen MR) is 117 cm³/mol. The molecule has 4 rings (SSSR count). The summed E-state index contributed by atoms with van der Waals surface area (Å²) in [7, 11) is 1.94. The molecule has 1 fully saturated rings. The summed E-state index contributed by atoms with van der Waals surface area (Å²) in [6.07, 6.45) is 9.35. The van der Waals surface area contributed by atoms with Crippen molar-refractivity contribution in [2.45, 2.75) is 32.6 Å². The Bertz CT molecular complexity index is 1000. The second-order valence-corrected chi connectivity index (χ2v) is 7.37. The van der Waals surface area contributed by atoms with Gasteiger partial charge in [-0.15, -0.1) is 0 Å². The van der Waals surface area contributed by atoms with E-state index in [-0.39, 0.29) is 5.91 Å². The molecule has 30 heavy (non-hydrogen) atoms. The lowest BCUT2D eigenvalue weighted by atomic mass is 10.1. The van der Waals surface area contributed by atoms with E-state index in [1.54, 1.807) is 12.3 Å². The number of rotatable bonds is 6. The van der Waals surface area contributed by atoms with Gasteiger partial charge < -0.3 is 9.80 Å². The minimum absolute atomic E-state index is 0.246. The Labute approximate surface area is 177 Å². The molecule has 1 aliphatic heterocycles. The Morgan fingerprint density at radius 2 is 2.13 bits per heavy atom. The van der Waals surface area contributed by atoms with Gasteiger partial charge in [-0.3, -0.25) is 4.79 Å². The maximum absolute atomic E-state index is 11.5. The molecule has 7 nitrogen and oxygen atoms in total. The standard InChI is InChI=1S/C13H16N4O.C10H12N2/c1-16(7-8-17-6-2-3-13(17)18)12-5-4-11(9-14)10-15-12;1-2-4-9-5-3-8-12-10(9)6-7-11-12/h4-5,10H,2-3,6-8H2,1H3;3,5-8H,2,4H2,1H3. The number of likely N-dealkylation sites (N-methyl/N-ethyl adjacent to an activating group) is 1. The van der Waals surface area contributed by atoms with E-state index in [2.05, 4.69) is 29.1 Å². The molecule has 0 bridgehead atoms. The highest BCUT2D eigenvalue weighted by molar-refractivity contribution is 5.78. The molecule has 0 N–H and O–H groups in total. The molecule has 0 saturated carbocycles. The number of hydrogen-bond donors (Lipinski definition) is 0. The van der Waals surface area contributed by atoms with Crippen LogP contribution in [0.3, 0.4) is 0 Å². The molecule has 0 radical (unpaired) electrons. The second-order valence-electron chi connectivity index (χ2n) is 7.37. The van der Waals surface area contributed by atoms with Gasteiger partial charge in [0, 0.05) is 51.7 Å². The van der Waals surface area contributed by atoms with E-state index in [4.69, 9.17) is 5.26 Å². The number of nitrogens with zero attached hydrogens (tertiary/aromatic N) is 6. The van der Waals surface area contributed by atoms with Crippen LogP contribution in [0.25, 0.3) is 5.52 Å². The van der Waals surface area contributed by atoms with E-state index in [9.17, 15) is 4.79 Å². The Morgan fingerprint density at radius 3 is 2.80 bits per heavy atom. The van der Waals surface area contributed by atoms with E-state index >= 15 is 0 Å². The molecule has 4 heterocycles. The van der Waals surface area contributed by atoms with Crippen LogP contribution >= 0.6 is 0 Å². The van der Waals surface area contributed by atoms with Gasteiger partial charge in [0.25, 0.3) is 0 Å². The van der Waals surface area contributed by atoms with E-state index in [0.29, 0.717) is 12.0 Å². The van der Waals surface area contributed by atoms with Crippen molar-refractivity contribution in [3.05, 3.63) is 60.0 Å². The summed E-state index contributed by atoms with van der Waals surface area (Å²) in [6.45, 7) is 4.55. The molecule has 0 atom stereocenters. The van der Waals surface area contributed by atoms with Crippen molar-refractivity contribution < 1.29 is 4.79 Å². The molecule has 0 aliphatic carbocycles. The first-order valence-electron chi connectivity index (χ1n) is 10.4. The molecule has 7 heteroatoms. The zero-order valence-electron chi connectivity index (χ0n) is 17.7. The first kappa shape index (κ1) is 21.3. The Balaban J connectivity index is 0.000000184. The number of aryl methyl sites for hydroxylation is 1. The maximum atomic E-state index is 11.5. The minimum atomic E-state index is 0.246. The number of nitriles is 1. The van der Waals surface area contributed by atoms with Crippen molar-refractivity contribution >= 4 is 17.2 Å². The van der Waals surface area contributed by atoms with Crippen LogP contribution < -0.4 is 4.90 Å². The monoisotopic (exact) mass is 404 g/mol. The number of amides is 1. The van der Waals surface area contributed by atoms with Crippen molar-refractivity contribution in [1.82, 2.24) is 19.5 Å². The van der Waals surface area contributed by atoms with Gasteiger partial charge in [-0.25, -0.2) is 9.50 Å². The molecule has 0 spiro atoms. The van der Waals surface area contributed by atoms with E-state index in [0.717, 1.165) is 38.3 Å². The van der Waals surface area contributed by atoms with Gasteiger partial charge >= 0.3 is 0 Å². The molecule has 3 aromatic rings. The van der Waals surface area contributed by atoms with Crippen molar-refractivity contribution in [2.24, 2.45) is 0 Å². The van der Waals surface area contributed by atoms with Gasteiger partial charge in [0.05, 0.1) is 11.1 Å². The summed E-state index contributed by atoms with van der Waals surface area (Å²) in [5.74, 6) is 1.07. The number of likely N-dealkylation sites (tertiary alicyclic amines) is 1. The molecule has 0 aromatic carbocycles. The molecular weight excluding hydrogens is 376 g/mol. The summed E-state index contributed by atoms with van der Waals surface area (Å²) >= 11 is 0. The van der Waals surface area contributed by atoms with Gasteiger partial charge in [0.1, 0.15) is 11.9 Å². The zero-order chi connectivity index (χ0) is 21.3. The van der Waals surface area contributed by atoms with Gasteiger partial charge in [-0.2, -0.15) is 10.4 Å². The zero-order valence-corrected chi connectivity index (χ0v) is 17.7. The summed E-state index contributed by atoms with van der Waals surface area (Å²) < 4.78 is 1.92. The molecule has 0 unspecified atom stereocenters. The SMILES string of the molecule is CCCc1cccn2nccc12.CN(CCN1CCCC1=O)c1ccc(C#N)cn1. The number of hydrogen-bond acceptors (Lipinski definition) is 5. The van der Waals surface area contributed by atoms with Crippen molar-refractivity contribution in [1.29, 1.82) is 5.26 Å². The third kappa shape index (κ3) is 5.35. The number of carbonyl (C=O) groups excluding carboxylic acids is 1. The van der Waals surface area contributed by atoms with Crippen LogP contribution in [-0.2, 0) is 11.2 Å². The number of aromatic nitrogens is 3. The highest BCUT2D eigenvalue weighted by Crippen LogP contribution is 2.12. The highest BCUT2D eigenvalue weighted by atomic mass is 16.2. The molecule has 1 saturated heterocycles. The van der Waals surface area contributed by atoms with Crippen LogP contribution in [0.2, 0.25) is 0 Å². The molecule has 1 amide bonds. The van der Waals surface area contributed by atoms with Crippen molar-refractivity contribution in [2.75, 3.05) is 31.6 Å². The summed E-state index contributed by atoms with van der Waals surface area (Å²) in [4.78, 5) is 19.6. The van der Waals surface area contributed by atoms with E-state index in [1.165, 1.54) is 17.5 Å².